The van der Waals surface area contributed by atoms with Crippen LogP contribution in [0, 0.1) is 0 Å². The van der Waals surface area contributed by atoms with E-state index in [0.717, 1.165) is 19.3 Å². The summed E-state index contributed by atoms with van der Waals surface area (Å²) in [6.07, 6.45) is 3.36. The van der Waals surface area contributed by atoms with Crippen molar-refractivity contribution in [3.63, 3.8) is 0 Å². The minimum atomic E-state index is -0.164. The maximum atomic E-state index is 11.0. The third-order valence-corrected chi connectivity index (χ3v) is 3.00. The predicted molar refractivity (Wildman–Crippen MR) is 58.6 cm³/mol. The molecule has 0 unspecified atom stereocenters. The third kappa shape index (κ3) is 2.38. The molecule has 0 aliphatic heterocycles. The van der Waals surface area contributed by atoms with Gasteiger partial charge in [-0.1, -0.05) is 30.3 Å². The first-order chi connectivity index (χ1) is 7.27. The number of hydrogen-bond donors (Lipinski definition) is 0. The van der Waals surface area contributed by atoms with Crippen molar-refractivity contribution in [3.8, 4) is 0 Å². The summed E-state index contributed by atoms with van der Waals surface area (Å²) in [6, 6.07) is 10.3. The molecule has 1 aromatic rings. The Labute approximate surface area is 90.3 Å². The van der Waals surface area contributed by atoms with E-state index in [1.807, 2.05) is 18.2 Å². The van der Waals surface area contributed by atoms with Crippen LogP contribution < -0.4 is 0 Å². The minimum Gasteiger partial charge on any atom is -0.462 e. The Balaban J connectivity index is 2.11. The molecule has 2 rings (SSSR count). The average molecular weight is 204 g/mol. The fraction of sp³-hybridized carbons (Fsp3) is 0.462. The zero-order valence-corrected chi connectivity index (χ0v) is 8.98. The van der Waals surface area contributed by atoms with Crippen LogP contribution in [0.2, 0.25) is 0 Å². The van der Waals surface area contributed by atoms with E-state index in [9.17, 15) is 4.79 Å². The van der Waals surface area contributed by atoms with E-state index < -0.39 is 0 Å². The summed E-state index contributed by atoms with van der Waals surface area (Å²) in [5.74, 6) is 0.234. The van der Waals surface area contributed by atoms with Crippen molar-refractivity contribution in [1.82, 2.24) is 0 Å². The average Bonchev–Trinajstić information content (AvgIpc) is 2.66. The van der Waals surface area contributed by atoms with Crippen molar-refractivity contribution in [1.29, 1.82) is 0 Å². The summed E-state index contributed by atoms with van der Waals surface area (Å²) >= 11 is 0. The van der Waals surface area contributed by atoms with Crippen molar-refractivity contribution in [2.45, 2.75) is 38.2 Å². The smallest absolute Gasteiger partial charge is 0.302 e. The van der Waals surface area contributed by atoms with Gasteiger partial charge in [-0.05, 0) is 24.8 Å². The van der Waals surface area contributed by atoms with E-state index in [4.69, 9.17) is 4.74 Å². The topological polar surface area (TPSA) is 26.3 Å². The van der Waals surface area contributed by atoms with Crippen LogP contribution in [0.1, 0.15) is 37.7 Å². The van der Waals surface area contributed by atoms with Crippen molar-refractivity contribution in [2.24, 2.45) is 0 Å². The molecule has 2 atom stereocenters. The fourth-order valence-electron chi connectivity index (χ4n) is 2.36. The number of hydrogen-bond acceptors (Lipinski definition) is 2. The largest absolute Gasteiger partial charge is 0.462 e. The van der Waals surface area contributed by atoms with E-state index >= 15 is 0 Å². The number of carbonyl (C=O) groups excluding carboxylic acids is 1. The van der Waals surface area contributed by atoms with Crippen LogP contribution in [-0.2, 0) is 9.53 Å². The highest BCUT2D eigenvalue weighted by Crippen LogP contribution is 2.36. The Bertz CT molecular complexity index is 332. The molecule has 1 saturated carbocycles. The molecule has 2 heteroatoms. The molecule has 0 heterocycles. The summed E-state index contributed by atoms with van der Waals surface area (Å²) < 4.78 is 5.34. The van der Waals surface area contributed by atoms with Crippen molar-refractivity contribution < 1.29 is 9.53 Å². The maximum Gasteiger partial charge on any atom is 0.302 e. The van der Waals surface area contributed by atoms with Crippen LogP contribution in [-0.4, -0.2) is 12.1 Å². The van der Waals surface area contributed by atoms with E-state index in [1.54, 1.807) is 0 Å². The van der Waals surface area contributed by atoms with Gasteiger partial charge in [0.05, 0.1) is 0 Å². The van der Waals surface area contributed by atoms with Gasteiger partial charge in [-0.25, -0.2) is 0 Å². The van der Waals surface area contributed by atoms with Crippen LogP contribution in [0.4, 0.5) is 0 Å². The number of ether oxygens (including phenoxy) is 1. The van der Waals surface area contributed by atoms with Gasteiger partial charge in [-0.2, -0.15) is 0 Å². The fourth-order valence-corrected chi connectivity index (χ4v) is 2.36. The number of rotatable bonds is 2. The van der Waals surface area contributed by atoms with Crippen LogP contribution in [0.25, 0.3) is 0 Å². The van der Waals surface area contributed by atoms with E-state index in [0.29, 0.717) is 5.92 Å². The van der Waals surface area contributed by atoms with Crippen LogP contribution in [0.3, 0.4) is 0 Å². The Hall–Kier alpha value is -1.31. The molecule has 0 amide bonds. The monoisotopic (exact) mass is 204 g/mol. The van der Waals surface area contributed by atoms with Crippen molar-refractivity contribution >= 4 is 5.97 Å². The second-order valence-corrected chi connectivity index (χ2v) is 4.10. The van der Waals surface area contributed by atoms with Gasteiger partial charge >= 0.3 is 5.97 Å². The highest BCUT2D eigenvalue weighted by atomic mass is 16.5. The lowest BCUT2D eigenvalue weighted by Gasteiger charge is -2.19. The first-order valence-electron chi connectivity index (χ1n) is 5.49. The summed E-state index contributed by atoms with van der Waals surface area (Å²) in [5, 5.41) is 0. The summed E-state index contributed by atoms with van der Waals surface area (Å²) in [6.45, 7) is 1.49. The molecule has 0 spiro atoms. The molecule has 0 radical (unpaired) electrons. The Morgan fingerprint density at radius 1 is 1.27 bits per heavy atom. The minimum absolute atomic E-state index is 0.0879. The third-order valence-electron chi connectivity index (χ3n) is 3.00. The van der Waals surface area contributed by atoms with Gasteiger partial charge in [0.25, 0.3) is 0 Å². The molecule has 0 saturated heterocycles. The lowest BCUT2D eigenvalue weighted by atomic mass is 9.96. The molecule has 1 fully saturated rings. The number of esters is 1. The Morgan fingerprint density at radius 2 is 2.00 bits per heavy atom. The highest BCUT2D eigenvalue weighted by molar-refractivity contribution is 5.66. The molecular weight excluding hydrogens is 188 g/mol. The van der Waals surface area contributed by atoms with Crippen LogP contribution in [0.5, 0.6) is 0 Å². The van der Waals surface area contributed by atoms with Gasteiger partial charge in [0.15, 0.2) is 0 Å². The summed E-state index contributed by atoms with van der Waals surface area (Å²) in [4.78, 5) is 11.0. The summed E-state index contributed by atoms with van der Waals surface area (Å²) in [5.41, 5.74) is 1.29. The normalized spacial score (nSPS) is 25.1. The van der Waals surface area contributed by atoms with Gasteiger partial charge in [0, 0.05) is 12.8 Å². The second-order valence-electron chi connectivity index (χ2n) is 4.10. The molecule has 0 aromatic heterocycles. The quantitative estimate of drug-likeness (QED) is 0.692. The molecule has 1 aliphatic rings. The SMILES string of the molecule is CC(=O)O[C@@H]1CCC[C@H]1c1ccccc1. The first kappa shape index (κ1) is 10.2. The Kier molecular flexibility index (Phi) is 3.05. The van der Waals surface area contributed by atoms with Crippen LogP contribution in [0.15, 0.2) is 30.3 Å². The molecule has 1 aromatic carbocycles. The number of benzene rings is 1. The van der Waals surface area contributed by atoms with Crippen molar-refractivity contribution in [3.05, 3.63) is 35.9 Å². The highest BCUT2D eigenvalue weighted by Gasteiger charge is 2.30. The molecule has 80 valence electrons. The molecule has 2 nitrogen and oxygen atoms in total. The molecule has 1 aliphatic carbocycles. The maximum absolute atomic E-state index is 11.0. The van der Waals surface area contributed by atoms with Crippen molar-refractivity contribution in [2.75, 3.05) is 0 Å². The van der Waals surface area contributed by atoms with Gasteiger partial charge in [0.2, 0.25) is 0 Å². The molecule has 15 heavy (non-hydrogen) atoms. The molecule has 0 bridgehead atoms. The van der Waals surface area contributed by atoms with E-state index in [-0.39, 0.29) is 12.1 Å². The second kappa shape index (κ2) is 4.47. The zero-order valence-electron chi connectivity index (χ0n) is 8.98. The lowest BCUT2D eigenvalue weighted by molar-refractivity contribution is -0.146. The zero-order chi connectivity index (χ0) is 10.7. The standard InChI is InChI=1S/C13H16O2/c1-10(14)15-13-9-5-8-12(13)11-6-3-2-4-7-11/h2-4,6-7,12-13H,5,8-9H2,1H3/t12-,13+/m0/s1. The lowest BCUT2D eigenvalue weighted by Crippen LogP contribution is -2.19. The first-order valence-corrected chi connectivity index (χ1v) is 5.49. The Morgan fingerprint density at radius 3 is 2.67 bits per heavy atom. The van der Waals surface area contributed by atoms with Gasteiger partial charge in [-0.3, -0.25) is 4.79 Å². The van der Waals surface area contributed by atoms with Crippen LogP contribution >= 0.6 is 0 Å². The predicted octanol–water partition coefficient (Wildman–Crippen LogP) is 2.89. The van der Waals surface area contributed by atoms with Gasteiger partial charge in [-0.15, -0.1) is 0 Å². The molecular formula is C13H16O2. The van der Waals surface area contributed by atoms with Gasteiger partial charge in [0.1, 0.15) is 6.10 Å². The molecule has 0 N–H and O–H groups in total. The van der Waals surface area contributed by atoms with E-state index in [1.165, 1.54) is 12.5 Å². The van der Waals surface area contributed by atoms with E-state index in [2.05, 4.69) is 12.1 Å². The van der Waals surface area contributed by atoms with Gasteiger partial charge < -0.3 is 4.74 Å². The summed E-state index contributed by atoms with van der Waals surface area (Å²) in [7, 11) is 0. The number of carbonyl (C=O) groups is 1.